The Hall–Kier alpha value is -6.64. The molecular weight excluding hydrogens is 653 g/mol. The molecule has 11 rings (SSSR count). The summed E-state index contributed by atoms with van der Waals surface area (Å²) in [4.78, 5) is 4.84. The number of hydrogen-bond acceptors (Lipinski definition) is 2. The molecule has 1 aliphatic heterocycles. The van der Waals surface area contributed by atoms with E-state index in [1.54, 1.807) is 0 Å². The Morgan fingerprint density at radius 2 is 0.926 bits per heavy atom. The normalized spacial score (nSPS) is 13.9. The molecule has 0 atom stereocenters. The summed E-state index contributed by atoms with van der Waals surface area (Å²) in [6, 6.07) is 65.4. The van der Waals surface area contributed by atoms with Crippen molar-refractivity contribution in [3.05, 3.63) is 187 Å². The molecule has 0 fully saturated rings. The van der Waals surface area contributed by atoms with Crippen molar-refractivity contribution in [2.45, 2.75) is 19.3 Å². The van der Waals surface area contributed by atoms with Crippen LogP contribution in [0.5, 0.6) is 0 Å². The van der Waals surface area contributed by atoms with Gasteiger partial charge in [-0.2, -0.15) is 0 Å². The van der Waals surface area contributed by atoms with E-state index >= 15 is 0 Å². The fourth-order valence-corrected chi connectivity index (χ4v) is 9.67. The summed E-state index contributed by atoms with van der Waals surface area (Å²) >= 11 is 0. The molecule has 0 aromatic heterocycles. The molecule has 1 heterocycles. The average Bonchev–Trinajstić information content (AvgIpc) is 3.46. The van der Waals surface area contributed by atoms with Crippen LogP contribution in [-0.4, -0.2) is 7.05 Å². The second kappa shape index (κ2) is 11.4. The van der Waals surface area contributed by atoms with E-state index in [1.165, 1.54) is 105 Å². The summed E-state index contributed by atoms with van der Waals surface area (Å²) < 4.78 is 0. The molecule has 0 saturated heterocycles. The van der Waals surface area contributed by atoms with Crippen LogP contribution in [0.2, 0.25) is 0 Å². The minimum absolute atomic E-state index is 0.102. The van der Waals surface area contributed by atoms with E-state index < -0.39 is 0 Å². The maximum atomic E-state index is 2.52. The average molecular weight is 691 g/mol. The quantitative estimate of drug-likeness (QED) is 0.170. The van der Waals surface area contributed by atoms with Gasteiger partial charge in [-0.25, -0.2) is 0 Å². The Labute approximate surface area is 316 Å². The van der Waals surface area contributed by atoms with Gasteiger partial charge in [-0.15, -0.1) is 0 Å². The molecule has 1 aliphatic carbocycles. The Bertz CT molecular complexity index is 2950. The number of fused-ring (bicyclic) bond motifs is 8. The van der Waals surface area contributed by atoms with Gasteiger partial charge < -0.3 is 9.80 Å². The van der Waals surface area contributed by atoms with E-state index in [1.807, 2.05) is 0 Å². The largest absolute Gasteiger partial charge is 0.341 e. The van der Waals surface area contributed by atoms with Crippen molar-refractivity contribution in [2.75, 3.05) is 16.8 Å². The monoisotopic (exact) mass is 690 g/mol. The molecule has 54 heavy (non-hydrogen) atoms. The van der Waals surface area contributed by atoms with Gasteiger partial charge >= 0.3 is 0 Å². The molecular formula is C52H38N2. The first-order valence-electron chi connectivity index (χ1n) is 18.9. The smallest absolute Gasteiger partial charge is 0.0700 e. The number of hydrogen-bond donors (Lipinski definition) is 0. The van der Waals surface area contributed by atoms with Crippen LogP contribution < -0.4 is 9.80 Å². The summed E-state index contributed by atoms with van der Waals surface area (Å²) in [5.74, 6) is 0. The molecule has 2 nitrogen and oxygen atoms in total. The van der Waals surface area contributed by atoms with Gasteiger partial charge in [-0.05, 0) is 96.4 Å². The first-order valence-corrected chi connectivity index (χ1v) is 18.9. The van der Waals surface area contributed by atoms with Crippen LogP contribution in [0.25, 0.3) is 65.7 Å². The topological polar surface area (TPSA) is 6.48 Å². The minimum Gasteiger partial charge on any atom is -0.341 e. The fraction of sp³-hybridized carbons (Fsp3) is 0.0769. The number of anilines is 5. The molecule has 9 aromatic rings. The molecule has 0 spiro atoms. The first kappa shape index (κ1) is 30.9. The van der Waals surface area contributed by atoms with E-state index in [2.05, 4.69) is 207 Å². The Kier molecular flexibility index (Phi) is 6.55. The van der Waals surface area contributed by atoms with Crippen molar-refractivity contribution < 1.29 is 0 Å². The highest BCUT2D eigenvalue weighted by atomic mass is 15.3. The maximum Gasteiger partial charge on any atom is 0.0700 e. The minimum atomic E-state index is -0.102. The van der Waals surface area contributed by atoms with E-state index in [0.29, 0.717) is 0 Å². The van der Waals surface area contributed by atoms with Crippen LogP contribution in [0.1, 0.15) is 25.0 Å². The summed E-state index contributed by atoms with van der Waals surface area (Å²) in [5.41, 5.74) is 16.3. The lowest BCUT2D eigenvalue weighted by molar-refractivity contribution is 0.660. The summed E-state index contributed by atoms with van der Waals surface area (Å²) in [6.07, 6.45) is 0. The zero-order chi connectivity index (χ0) is 36.1. The maximum absolute atomic E-state index is 2.52. The number of para-hydroxylation sites is 4. The molecule has 9 aromatic carbocycles. The predicted octanol–water partition coefficient (Wildman–Crippen LogP) is 14.3. The van der Waals surface area contributed by atoms with Crippen LogP contribution >= 0.6 is 0 Å². The van der Waals surface area contributed by atoms with Crippen molar-refractivity contribution in [1.29, 1.82) is 0 Å². The Morgan fingerprint density at radius 3 is 1.70 bits per heavy atom. The number of benzene rings is 9. The predicted molar refractivity (Wildman–Crippen MR) is 230 cm³/mol. The fourth-order valence-electron chi connectivity index (χ4n) is 9.67. The van der Waals surface area contributed by atoms with Crippen LogP contribution in [-0.2, 0) is 5.41 Å². The number of nitrogens with zero attached hydrogens (tertiary/aromatic N) is 2. The lowest BCUT2D eigenvalue weighted by Crippen LogP contribution is -2.24. The van der Waals surface area contributed by atoms with Crippen LogP contribution in [0.3, 0.4) is 0 Å². The van der Waals surface area contributed by atoms with Gasteiger partial charge in [-0.3, -0.25) is 0 Å². The molecule has 0 bridgehead atoms. The Balaban J connectivity index is 1.31. The van der Waals surface area contributed by atoms with Crippen molar-refractivity contribution in [1.82, 2.24) is 0 Å². The third-order valence-electron chi connectivity index (χ3n) is 12.2. The van der Waals surface area contributed by atoms with Gasteiger partial charge in [0.1, 0.15) is 0 Å². The van der Waals surface area contributed by atoms with Gasteiger partial charge in [0.25, 0.3) is 0 Å². The molecule has 2 heteroatoms. The van der Waals surface area contributed by atoms with E-state index in [-0.39, 0.29) is 5.41 Å². The third kappa shape index (κ3) is 4.22. The van der Waals surface area contributed by atoms with Crippen LogP contribution in [0.15, 0.2) is 176 Å². The zero-order valence-corrected chi connectivity index (χ0v) is 30.6. The van der Waals surface area contributed by atoms with Crippen molar-refractivity contribution in [3.63, 3.8) is 0 Å². The lowest BCUT2D eigenvalue weighted by Gasteiger charge is -2.39. The highest BCUT2D eigenvalue weighted by Crippen LogP contribution is 2.58. The SMILES string of the molecule is CN1c2ccccc2N(c2c3ccccc3c(-c3cccc4c3-c3ccccc3C4(C)C)c3cc(-c4cccc5ccccc45)ccc23)c2ccccc21. The molecule has 0 N–H and O–H groups in total. The van der Waals surface area contributed by atoms with Crippen molar-refractivity contribution in [3.8, 4) is 33.4 Å². The lowest BCUT2D eigenvalue weighted by atomic mass is 9.81. The summed E-state index contributed by atoms with van der Waals surface area (Å²) in [6.45, 7) is 4.75. The molecule has 0 saturated carbocycles. The van der Waals surface area contributed by atoms with E-state index in [4.69, 9.17) is 0 Å². The third-order valence-corrected chi connectivity index (χ3v) is 12.2. The number of rotatable bonds is 3. The van der Waals surface area contributed by atoms with Crippen molar-refractivity contribution >= 4 is 60.8 Å². The van der Waals surface area contributed by atoms with Gasteiger partial charge in [0.05, 0.1) is 28.4 Å². The molecule has 0 radical (unpaired) electrons. The van der Waals surface area contributed by atoms with E-state index in [0.717, 1.165) is 0 Å². The van der Waals surface area contributed by atoms with Gasteiger partial charge in [0.2, 0.25) is 0 Å². The van der Waals surface area contributed by atoms with Gasteiger partial charge in [-0.1, -0.05) is 159 Å². The zero-order valence-electron chi connectivity index (χ0n) is 30.6. The van der Waals surface area contributed by atoms with Crippen LogP contribution in [0.4, 0.5) is 28.4 Å². The van der Waals surface area contributed by atoms with Gasteiger partial charge in [0, 0.05) is 23.2 Å². The second-order valence-electron chi connectivity index (χ2n) is 15.3. The second-order valence-corrected chi connectivity index (χ2v) is 15.3. The summed E-state index contributed by atoms with van der Waals surface area (Å²) in [5, 5.41) is 7.47. The Morgan fingerprint density at radius 1 is 0.389 bits per heavy atom. The molecule has 0 amide bonds. The van der Waals surface area contributed by atoms with Crippen molar-refractivity contribution in [2.24, 2.45) is 0 Å². The highest BCUT2D eigenvalue weighted by Gasteiger charge is 2.37. The molecule has 2 aliphatic rings. The van der Waals surface area contributed by atoms with E-state index in [9.17, 15) is 0 Å². The van der Waals surface area contributed by atoms with Gasteiger partial charge in [0.15, 0.2) is 0 Å². The molecule has 0 unspecified atom stereocenters. The summed E-state index contributed by atoms with van der Waals surface area (Å²) in [7, 11) is 2.18. The standard InChI is InChI=1S/C52H38N2/c1-52(2)43-24-9-8-21-40(43)50-41(23-15-25-44(50)52)49-37-19-6-7-20-38(37)51(54-47-28-12-10-26-45(47)53(3)46-27-11-13-29-48(46)54)39-31-30-34(32-42(39)49)36-22-14-17-33-16-4-5-18-35(33)36/h4-32H,1-3H3. The van der Waals surface area contributed by atoms with Crippen LogP contribution in [0, 0.1) is 0 Å². The molecule has 256 valence electrons. The highest BCUT2D eigenvalue weighted by molar-refractivity contribution is 6.25. The first-order chi connectivity index (χ1) is 26.5.